The molecule has 0 aliphatic rings. The Balaban J connectivity index is 1.78. The van der Waals surface area contributed by atoms with Crippen LogP contribution < -0.4 is 5.32 Å². The van der Waals surface area contributed by atoms with Crippen LogP contribution in [-0.2, 0) is 11.8 Å². The van der Waals surface area contributed by atoms with Gasteiger partial charge in [0.15, 0.2) is 0 Å². The van der Waals surface area contributed by atoms with Crippen molar-refractivity contribution in [3.8, 4) is 0 Å². The van der Waals surface area contributed by atoms with Crippen molar-refractivity contribution < 1.29 is 9.21 Å². The lowest BCUT2D eigenvalue weighted by Gasteiger charge is -2.16. The largest absolute Gasteiger partial charge is 0.459 e. The lowest BCUT2D eigenvalue weighted by molar-refractivity contribution is -0.123. The molecule has 24 heavy (non-hydrogen) atoms. The van der Waals surface area contributed by atoms with Crippen LogP contribution in [0.25, 0.3) is 11.0 Å². The van der Waals surface area contributed by atoms with Crippen molar-refractivity contribution in [1.29, 1.82) is 0 Å². The van der Waals surface area contributed by atoms with Gasteiger partial charge in [0, 0.05) is 23.7 Å². The van der Waals surface area contributed by atoms with Crippen molar-refractivity contribution in [3.63, 3.8) is 0 Å². The van der Waals surface area contributed by atoms with Gasteiger partial charge in [0.25, 0.3) is 0 Å². The summed E-state index contributed by atoms with van der Waals surface area (Å²) >= 11 is 0. The maximum atomic E-state index is 12.7. The predicted molar refractivity (Wildman–Crippen MR) is 93.9 cm³/mol. The van der Waals surface area contributed by atoms with E-state index in [2.05, 4.69) is 10.4 Å². The van der Waals surface area contributed by atoms with Gasteiger partial charge < -0.3 is 9.73 Å². The zero-order valence-electron chi connectivity index (χ0n) is 14.8. The van der Waals surface area contributed by atoms with E-state index in [9.17, 15) is 4.79 Å². The molecule has 126 valence electrons. The standard InChI is InChI=1S/C19H23N3O2/c1-11(18-13(3)21-22(5)14(18)4)19(23)20-12(2)17-10-15-8-6-7-9-16(15)24-17/h6-12H,1-5H3,(H,20,23). The Bertz CT molecular complexity index is 858. The monoisotopic (exact) mass is 325 g/mol. The third kappa shape index (κ3) is 2.82. The van der Waals surface area contributed by atoms with Gasteiger partial charge >= 0.3 is 0 Å². The number of aromatic nitrogens is 2. The van der Waals surface area contributed by atoms with Crippen molar-refractivity contribution in [2.24, 2.45) is 7.05 Å². The molecule has 0 fully saturated rings. The Morgan fingerprint density at radius 3 is 2.58 bits per heavy atom. The molecule has 0 aliphatic carbocycles. The van der Waals surface area contributed by atoms with Crippen LogP contribution in [0.5, 0.6) is 0 Å². The lowest BCUT2D eigenvalue weighted by atomic mass is 9.98. The third-order valence-corrected chi connectivity index (χ3v) is 4.62. The molecule has 3 aromatic rings. The molecular formula is C19H23N3O2. The molecule has 0 bridgehead atoms. The average molecular weight is 325 g/mol. The first-order chi connectivity index (χ1) is 11.4. The van der Waals surface area contributed by atoms with Crippen LogP contribution in [0.3, 0.4) is 0 Å². The van der Waals surface area contributed by atoms with Crippen LogP contribution in [0.15, 0.2) is 34.7 Å². The van der Waals surface area contributed by atoms with Crippen LogP contribution in [0.1, 0.15) is 48.5 Å². The summed E-state index contributed by atoms with van der Waals surface area (Å²) < 4.78 is 7.65. The number of amides is 1. The van der Waals surface area contributed by atoms with Crippen LogP contribution >= 0.6 is 0 Å². The number of rotatable bonds is 4. The highest BCUT2D eigenvalue weighted by molar-refractivity contribution is 5.84. The number of para-hydroxylation sites is 1. The van der Waals surface area contributed by atoms with E-state index in [0.29, 0.717) is 0 Å². The number of hydrogen-bond donors (Lipinski definition) is 1. The van der Waals surface area contributed by atoms with Crippen molar-refractivity contribution in [1.82, 2.24) is 15.1 Å². The first-order valence-corrected chi connectivity index (χ1v) is 8.17. The average Bonchev–Trinajstić information content (AvgIpc) is 3.08. The Kier molecular flexibility index (Phi) is 4.18. The van der Waals surface area contributed by atoms with Gasteiger partial charge in [0.1, 0.15) is 11.3 Å². The number of carbonyl (C=O) groups is 1. The number of nitrogens with one attached hydrogen (secondary N) is 1. The second kappa shape index (κ2) is 6.15. The minimum atomic E-state index is -0.259. The first kappa shape index (κ1) is 16.3. The molecule has 1 aromatic carbocycles. The molecule has 2 heterocycles. The maximum absolute atomic E-state index is 12.7. The van der Waals surface area contributed by atoms with Gasteiger partial charge in [0.05, 0.1) is 17.7 Å². The van der Waals surface area contributed by atoms with E-state index < -0.39 is 0 Å². The van der Waals surface area contributed by atoms with E-state index in [1.807, 2.05) is 69.8 Å². The molecule has 5 heteroatoms. The van der Waals surface area contributed by atoms with Gasteiger partial charge in [-0.1, -0.05) is 18.2 Å². The highest BCUT2D eigenvalue weighted by atomic mass is 16.3. The number of aryl methyl sites for hydroxylation is 2. The zero-order valence-corrected chi connectivity index (χ0v) is 14.8. The molecule has 2 aromatic heterocycles. The quantitative estimate of drug-likeness (QED) is 0.794. The van der Waals surface area contributed by atoms with Gasteiger partial charge in [-0.15, -0.1) is 0 Å². The van der Waals surface area contributed by atoms with Crippen molar-refractivity contribution in [2.75, 3.05) is 0 Å². The van der Waals surface area contributed by atoms with Gasteiger partial charge in [0.2, 0.25) is 5.91 Å². The highest BCUT2D eigenvalue weighted by Crippen LogP contribution is 2.26. The second-order valence-corrected chi connectivity index (χ2v) is 6.35. The fourth-order valence-corrected chi connectivity index (χ4v) is 3.17. The summed E-state index contributed by atoms with van der Waals surface area (Å²) in [5.74, 6) is 0.476. The number of furan rings is 1. The predicted octanol–water partition coefficient (Wildman–Crippen LogP) is 3.76. The molecule has 0 radical (unpaired) electrons. The fraction of sp³-hybridized carbons (Fsp3) is 0.368. The fourth-order valence-electron chi connectivity index (χ4n) is 3.17. The van der Waals surface area contributed by atoms with Crippen LogP contribution in [0, 0.1) is 13.8 Å². The van der Waals surface area contributed by atoms with E-state index in [-0.39, 0.29) is 17.9 Å². The van der Waals surface area contributed by atoms with E-state index in [1.165, 1.54) is 0 Å². The number of benzene rings is 1. The molecule has 2 atom stereocenters. The molecule has 1 N–H and O–H groups in total. The highest BCUT2D eigenvalue weighted by Gasteiger charge is 2.24. The second-order valence-electron chi connectivity index (χ2n) is 6.35. The summed E-state index contributed by atoms with van der Waals surface area (Å²) in [6.45, 7) is 7.78. The minimum Gasteiger partial charge on any atom is -0.459 e. The van der Waals surface area contributed by atoms with Gasteiger partial charge in [-0.05, 0) is 39.8 Å². The Morgan fingerprint density at radius 1 is 1.25 bits per heavy atom. The smallest absolute Gasteiger partial charge is 0.227 e. The molecule has 0 aliphatic heterocycles. The number of carbonyl (C=O) groups excluding carboxylic acids is 1. The molecule has 0 saturated carbocycles. The normalized spacial score (nSPS) is 13.9. The summed E-state index contributed by atoms with van der Waals surface area (Å²) in [4.78, 5) is 12.7. The Morgan fingerprint density at radius 2 is 1.96 bits per heavy atom. The van der Waals surface area contributed by atoms with Gasteiger partial charge in [-0.25, -0.2) is 0 Å². The SMILES string of the molecule is Cc1nn(C)c(C)c1C(C)C(=O)NC(C)c1cc2ccccc2o1. The lowest BCUT2D eigenvalue weighted by Crippen LogP contribution is -2.30. The number of fused-ring (bicyclic) bond motifs is 1. The molecule has 2 unspecified atom stereocenters. The molecule has 1 amide bonds. The third-order valence-electron chi connectivity index (χ3n) is 4.62. The molecule has 5 nitrogen and oxygen atoms in total. The summed E-state index contributed by atoms with van der Waals surface area (Å²) in [5.41, 5.74) is 3.74. The molecular weight excluding hydrogens is 302 g/mol. The van der Waals surface area contributed by atoms with Gasteiger partial charge in [-0.2, -0.15) is 5.10 Å². The molecule has 0 saturated heterocycles. The Labute approximate surface area is 141 Å². The molecule has 0 spiro atoms. The first-order valence-electron chi connectivity index (χ1n) is 8.17. The van der Waals surface area contributed by atoms with Crippen LogP contribution in [0.4, 0.5) is 0 Å². The van der Waals surface area contributed by atoms with E-state index in [4.69, 9.17) is 4.42 Å². The van der Waals surface area contributed by atoms with E-state index in [1.54, 1.807) is 0 Å². The summed E-state index contributed by atoms with van der Waals surface area (Å²) in [6, 6.07) is 9.63. The topological polar surface area (TPSA) is 60.1 Å². The van der Waals surface area contributed by atoms with Gasteiger partial charge in [-0.3, -0.25) is 9.48 Å². The van der Waals surface area contributed by atoms with E-state index >= 15 is 0 Å². The Hall–Kier alpha value is -2.56. The molecule has 3 rings (SSSR count). The minimum absolute atomic E-state index is 0.0258. The number of hydrogen-bond acceptors (Lipinski definition) is 3. The van der Waals surface area contributed by atoms with Crippen molar-refractivity contribution in [2.45, 2.75) is 39.7 Å². The summed E-state index contributed by atoms with van der Waals surface area (Å²) in [5, 5.41) is 8.49. The van der Waals surface area contributed by atoms with Crippen molar-refractivity contribution >= 4 is 16.9 Å². The maximum Gasteiger partial charge on any atom is 0.227 e. The van der Waals surface area contributed by atoms with Crippen molar-refractivity contribution in [3.05, 3.63) is 53.0 Å². The van der Waals surface area contributed by atoms with Crippen LogP contribution in [0.2, 0.25) is 0 Å². The summed E-state index contributed by atoms with van der Waals surface area (Å²) in [7, 11) is 1.90. The summed E-state index contributed by atoms with van der Waals surface area (Å²) in [6.07, 6.45) is 0. The van der Waals surface area contributed by atoms with Crippen LogP contribution in [-0.4, -0.2) is 15.7 Å². The van der Waals surface area contributed by atoms with E-state index in [0.717, 1.165) is 33.7 Å². The zero-order chi connectivity index (χ0) is 17.4. The number of nitrogens with zero attached hydrogens (tertiary/aromatic N) is 2.